The van der Waals surface area contributed by atoms with E-state index in [0.29, 0.717) is 29.5 Å². The number of rotatable bonds is 7. The van der Waals surface area contributed by atoms with E-state index in [0.717, 1.165) is 5.39 Å². The van der Waals surface area contributed by atoms with Crippen molar-refractivity contribution in [2.24, 2.45) is 0 Å². The third kappa shape index (κ3) is 3.64. The van der Waals surface area contributed by atoms with E-state index in [-0.39, 0.29) is 18.9 Å². The molecule has 118 valence electrons. The molecule has 2 aromatic heterocycles. The molecule has 5 nitrogen and oxygen atoms in total. The summed E-state index contributed by atoms with van der Waals surface area (Å²) in [6.07, 6.45) is 1.67. The van der Waals surface area contributed by atoms with Gasteiger partial charge < -0.3 is 14.6 Å². The molecule has 0 unspecified atom stereocenters. The smallest absolute Gasteiger partial charge is 0.267 e. The Hall–Kier alpha value is -1.92. The Bertz CT molecular complexity index is 699. The van der Waals surface area contributed by atoms with Crippen molar-refractivity contribution >= 4 is 28.4 Å². The highest BCUT2D eigenvalue weighted by molar-refractivity contribution is 6.34. The maximum Gasteiger partial charge on any atom is 0.267 e. The third-order valence-corrected chi connectivity index (χ3v) is 3.47. The van der Waals surface area contributed by atoms with Crippen LogP contribution in [-0.2, 0) is 11.3 Å². The van der Waals surface area contributed by atoms with Gasteiger partial charge in [0.2, 0.25) is 0 Å². The van der Waals surface area contributed by atoms with Gasteiger partial charge in [-0.25, -0.2) is 9.37 Å². The average Bonchev–Trinajstić information content (AvgIpc) is 2.84. The molecule has 2 heterocycles. The lowest BCUT2D eigenvalue weighted by Gasteiger charge is -2.11. The van der Waals surface area contributed by atoms with Crippen molar-refractivity contribution in [3.05, 3.63) is 41.6 Å². The lowest BCUT2D eigenvalue weighted by molar-refractivity contribution is 0.0942. The number of aromatic nitrogens is 2. The second-order valence-corrected chi connectivity index (χ2v) is 5.09. The molecule has 7 heteroatoms. The second kappa shape index (κ2) is 7.38. The van der Waals surface area contributed by atoms with Crippen molar-refractivity contribution in [1.82, 2.24) is 14.9 Å². The number of carbonyl (C=O) groups excluding carboxylic acids is 1. The van der Waals surface area contributed by atoms with Gasteiger partial charge in [0.05, 0.1) is 18.0 Å². The van der Waals surface area contributed by atoms with Crippen LogP contribution in [0.25, 0.3) is 10.9 Å². The maximum absolute atomic E-state index is 12.6. The van der Waals surface area contributed by atoms with Crippen LogP contribution in [0.1, 0.15) is 16.9 Å². The number of carbonyl (C=O) groups is 1. The van der Waals surface area contributed by atoms with Crippen LogP contribution >= 0.6 is 11.6 Å². The van der Waals surface area contributed by atoms with Crippen molar-refractivity contribution in [2.75, 3.05) is 20.3 Å². The zero-order valence-corrected chi connectivity index (χ0v) is 13.0. The SMILES string of the molecule is C=C(F)CCNC(=O)c1cc2ccnc(Cl)c2n1CCOC. The van der Waals surface area contributed by atoms with E-state index in [9.17, 15) is 9.18 Å². The van der Waals surface area contributed by atoms with Gasteiger partial charge in [-0.2, -0.15) is 0 Å². The summed E-state index contributed by atoms with van der Waals surface area (Å²) in [7, 11) is 1.58. The predicted molar refractivity (Wildman–Crippen MR) is 83.8 cm³/mol. The summed E-state index contributed by atoms with van der Waals surface area (Å²) in [6.45, 7) is 4.24. The summed E-state index contributed by atoms with van der Waals surface area (Å²) in [4.78, 5) is 16.3. The van der Waals surface area contributed by atoms with Crippen molar-refractivity contribution in [2.45, 2.75) is 13.0 Å². The summed E-state index contributed by atoms with van der Waals surface area (Å²) in [5, 5.41) is 3.80. The second-order valence-electron chi connectivity index (χ2n) is 4.74. The number of ether oxygens (including phenoxy) is 1. The van der Waals surface area contributed by atoms with Gasteiger partial charge in [-0.15, -0.1) is 0 Å². The van der Waals surface area contributed by atoms with Gasteiger partial charge in [0.25, 0.3) is 5.91 Å². The molecule has 1 N–H and O–H groups in total. The minimum Gasteiger partial charge on any atom is -0.383 e. The normalized spacial score (nSPS) is 10.9. The highest BCUT2D eigenvalue weighted by Gasteiger charge is 2.17. The predicted octanol–water partition coefficient (Wildman–Crippen LogP) is 2.94. The van der Waals surface area contributed by atoms with Gasteiger partial charge in [-0.1, -0.05) is 18.2 Å². The van der Waals surface area contributed by atoms with Crippen molar-refractivity contribution in [3.8, 4) is 0 Å². The van der Waals surface area contributed by atoms with Gasteiger partial charge in [0, 0.05) is 38.2 Å². The van der Waals surface area contributed by atoms with Crippen LogP contribution in [0.3, 0.4) is 0 Å². The Kier molecular flexibility index (Phi) is 5.51. The number of hydrogen-bond acceptors (Lipinski definition) is 3. The standard InChI is InChI=1S/C15H17ClFN3O2/c1-10(17)3-5-19-15(21)12-9-11-4-6-18-14(16)13(11)20(12)7-8-22-2/h4,6,9H,1,3,5,7-8H2,2H3,(H,19,21). The molecule has 0 spiro atoms. The highest BCUT2D eigenvalue weighted by atomic mass is 35.5. The van der Waals surface area contributed by atoms with Crippen molar-refractivity contribution in [3.63, 3.8) is 0 Å². The number of amides is 1. The number of hydrogen-bond donors (Lipinski definition) is 1. The quantitative estimate of drug-likeness (QED) is 0.796. The van der Waals surface area contributed by atoms with E-state index in [1.54, 1.807) is 30.0 Å². The van der Waals surface area contributed by atoms with Crippen LogP contribution in [0.2, 0.25) is 5.15 Å². The van der Waals surface area contributed by atoms with E-state index in [4.69, 9.17) is 16.3 Å². The average molecular weight is 326 g/mol. The molecular formula is C15H17ClFN3O2. The fourth-order valence-electron chi connectivity index (χ4n) is 2.18. The number of fused-ring (bicyclic) bond motifs is 1. The molecule has 0 bridgehead atoms. The first-order chi connectivity index (χ1) is 10.5. The van der Waals surface area contributed by atoms with Crippen LogP contribution in [0.4, 0.5) is 4.39 Å². The molecule has 0 aliphatic carbocycles. The number of halogens is 2. The minimum atomic E-state index is -0.465. The molecule has 0 atom stereocenters. The summed E-state index contributed by atoms with van der Waals surface area (Å²) >= 11 is 6.14. The first-order valence-electron chi connectivity index (χ1n) is 6.78. The fourth-order valence-corrected chi connectivity index (χ4v) is 2.44. The van der Waals surface area contributed by atoms with Gasteiger partial charge >= 0.3 is 0 Å². The highest BCUT2D eigenvalue weighted by Crippen LogP contribution is 2.25. The van der Waals surface area contributed by atoms with Gasteiger partial charge in [0.15, 0.2) is 5.15 Å². The maximum atomic E-state index is 12.6. The first-order valence-corrected chi connectivity index (χ1v) is 7.16. The molecule has 2 rings (SSSR count). The summed E-state index contributed by atoms with van der Waals surface area (Å²) in [5.41, 5.74) is 1.12. The number of nitrogens with zero attached hydrogens (tertiary/aromatic N) is 2. The Labute approximate surface area is 132 Å². The Balaban J connectivity index is 2.33. The van der Waals surface area contributed by atoms with Gasteiger partial charge in [-0.05, 0) is 12.1 Å². The molecule has 2 aromatic rings. The minimum absolute atomic E-state index is 0.0896. The van der Waals surface area contributed by atoms with Crippen LogP contribution in [0.5, 0.6) is 0 Å². The zero-order valence-electron chi connectivity index (χ0n) is 12.2. The molecule has 0 radical (unpaired) electrons. The molecule has 0 saturated heterocycles. The molecular weight excluding hydrogens is 309 g/mol. The monoisotopic (exact) mass is 325 g/mol. The molecule has 0 aromatic carbocycles. The van der Waals surface area contributed by atoms with Gasteiger partial charge in [-0.3, -0.25) is 4.79 Å². The van der Waals surface area contributed by atoms with E-state index in [1.807, 2.05) is 0 Å². The van der Waals surface area contributed by atoms with E-state index < -0.39 is 5.83 Å². The largest absolute Gasteiger partial charge is 0.383 e. The molecule has 0 saturated carbocycles. The van der Waals surface area contributed by atoms with Crippen molar-refractivity contribution in [1.29, 1.82) is 0 Å². The third-order valence-electron chi connectivity index (χ3n) is 3.20. The number of methoxy groups -OCH3 is 1. The van der Waals surface area contributed by atoms with Crippen LogP contribution in [-0.4, -0.2) is 35.7 Å². The number of pyridine rings is 1. The van der Waals surface area contributed by atoms with Crippen LogP contribution in [0.15, 0.2) is 30.7 Å². The summed E-state index contributed by atoms with van der Waals surface area (Å²) in [6, 6.07) is 3.52. The fraction of sp³-hybridized carbons (Fsp3) is 0.333. The van der Waals surface area contributed by atoms with E-state index in [2.05, 4.69) is 16.9 Å². The van der Waals surface area contributed by atoms with E-state index in [1.165, 1.54) is 0 Å². The zero-order chi connectivity index (χ0) is 16.1. The van der Waals surface area contributed by atoms with Crippen LogP contribution in [0, 0.1) is 0 Å². The van der Waals surface area contributed by atoms with Crippen LogP contribution < -0.4 is 5.32 Å². The topological polar surface area (TPSA) is 56.2 Å². The molecule has 0 fully saturated rings. The molecule has 1 amide bonds. The Morgan fingerprint density at radius 3 is 3.05 bits per heavy atom. The summed E-state index contributed by atoms with van der Waals surface area (Å²) in [5.74, 6) is -0.767. The Morgan fingerprint density at radius 1 is 1.59 bits per heavy atom. The van der Waals surface area contributed by atoms with E-state index >= 15 is 0 Å². The lowest BCUT2D eigenvalue weighted by Crippen LogP contribution is -2.27. The van der Waals surface area contributed by atoms with Crippen molar-refractivity contribution < 1.29 is 13.9 Å². The first kappa shape index (κ1) is 16.5. The molecule has 0 aliphatic heterocycles. The molecule has 0 aliphatic rings. The summed E-state index contributed by atoms with van der Waals surface area (Å²) < 4.78 is 19.5. The van der Waals surface area contributed by atoms with Gasteiger partial charge in [0.1, 0.15) is 5.69 Å². The molecule has 22 heavy (non-hydrogen) atoms. The number of nitrogens with one attached hydrogen (secondary N) is 1. The lowest BCUT2D eigenvalue weighted by atomic mass is 10.3. The Morgan fingerprint density at radius 2 is 2.36 bits per heavy atom.